The molecule has 13 nitrogen and oxygen atoms in total. The minimum atomic E-state index is -1.52. The van der Waals surface area contributed by atoms with Gasteiger partial charge in [-0.05, 0) is 44.1 Å². The molecule has 4 unspecified atom stereocenters. The molecule has 10 N–H and O–H groups in total. The minimum Gasteiger partial charge on any atom is -0.480 e. The van der Waals surface area contributed by atoms with Crippen molar-refractivity contribution in [1.29, 1.82) is 0 Å². The topological polar surface area (TPSA) is 226 Å². The zero-order valence-electron chi connectivity index (χ0n) is 18.7. The first kappa shape index (κ1) is 28.5. The van der Waals surface area contributed by atoms with Crippen LogP contribution in [0.1, 0.15) is 32.1 Å². The molecule has 3 amide bonds. The predicted octanol–water partition coefficient (Wildman–Crippen LogP) is -2.84. The van der Waals surface area contributed by atoms with Gasteiger partial charge in [0.1, 0.15) is 18.1 Å². The smallest absolute Gasteiger partial charge is 0.328 e. The van der Waals surface area contributed by atoms with Gasteiger partial charge < -0.3 is 42.9 Å². The fraction of sp³-hybridized carbons (Fsp3) is 0.737. The summed E-state index contributed by atoms with van der Waals surface area (Å²) < 4.78 is 0. The molecule has 0 aliphatic carbocycles. The molecule has 14 heteroatoms. The van der Waals surface area contributed by atoms with Crippen LogP contribution in [0.15, 0.2) is 4.99 Å². The molecule has 33 heavy (non-hydrogen) atoms. The molecule has 0 aromatic heterocycles. The van der Waals surface area contributed by atoms with Gasteiger partial charge in [-0.1, -0.05) is 0 Å². The first-order valence-electron chi connectivity index (χ1n) is 10.7. The Hall–Kier alpha value is -2.58. The van der Waals surface area contributed by atoms with E-state index < -0.39 is 48.6 Å². The van der Waals surface area contributed by atoms with Crippen molar-refractivity contribution in [2.24, 2.45) is 22.2 Å². The molecule has 0 aromatic rings. The number of amides is 3. The van der Waals surface area contributed by atoms with Crippen LogP contribution < -0.4 is 27.8 Å². The Morgan fingerprint density at radius 2 is 1.88 bits per heavy atom. The van der Waals surface area contributed by atoms with Gasteiger partial charge in [-0.25, -0.2) is 4.79 Å². The van der Waals surface area contributed by atoms with Crippen molar-refractivity contribution in [3.63, 3.8) is 0 Å². The second-order valence-electron chi connectivity index (χ2n) is 7.67. The monoisotopic (exact) mass is 489 g/mol. The fourth-order valence-corrected chi connectivity index (χ4v) is 3.87. The van der Waals surface area contributed by atoms with Gasteiger partial charge in [0.05, 0.1) is 12.6 Å². The number of nitrogens with two attached hydrogens (primary N) is 3. The zero-order chi connectivity index (χ0) is 25.0. The molecule has 0 aromatic carbocycles. The summed E-state index contributed by atoms with van der Waals surface area (Å²) in [6.45, 7) is -0.228. The number of carbonyl (C=O) groups is 4. The van der Waals surface area contributed by atoms with E-state index in [9.17, 15) is 24.3 Å². The van der Waals surface area contributed by atoms with Crippen LogP contribution in [0.2, 0.25) is 0 Å². The van der Waals surface area contributed by atoms with Crippen molar-refractivity contribution in [2.75, 3.05) is 31.7 Å². The number of aliphatic imine (C=N–C) groups is 1. The minimum absolute atomic E-state index is 0.111. The number of rotatable bonds is 14. The quantitative estimate of drug-likeness (QED) is 0.0750. The molecule has 1 rings (SSSR count). The number of carboxylic acids is 1. The SMILES string of the molecule is CSCCC(N)C(=O)N1CCCC1C(=O)NC(CCCN=C(N)N)C(=O)NC(CO)C(=O)O. The summed E-state index contributed by atoms with van der Waals surface area (Å²) in [4.78, 5) is 54.8. The normalized spacial score (nSPS) is 18.2. The summed E-state index contributed by atoms with van der Waals surface area (Å²) in [5.74, 6) is -2.45. The van der Waals surface area contributed by atoms with Gasteiger partial charge in [-0.3, -0.25) is 19.4 Å². The molecule has 1 heterocycles. The van der Waals surface area contributed by atoms with Gasteiger partial charge in [-0.2, -0.15) is 11.8 Å². The van der Waals surface area contributed by atoms with Gasteiger partial charge in [0, 0.05) is 13.1 Å². The van der Waals surface area contributed by atoms with E-state index in [1.807, 2.05) is 6.26 Å². The standard InChI is InChI=1S/C19H35N7O6S/c1-33-9-6-11(20)17(30)26-8-3-5-14(26)16(29)24-12(4-2-7-23-19(21)22)15(28)25-13(10-27)18(31)32/h11-14,27H,2-10,20H2,1H3,(H,24,29)(H,25,28)(H,31,32)(H4,21,22,23). The lowest BCUT2D eigenvalue weighted by atomic mass is 10.1. The van der Waals surface area contributed by atoms with Crippen LogP contribution in [0.5, 0.6) is 0 Å². The molecule has 4 atom stereocenters. The molecule has 0 saturated carbocycles. The predicted molar refractivity (Wildman–Crippen MR) is 124 cm³/mol. The Kier molecular flexibility index (Phi) is 12.5. The van der Waals surface area contributed by atoms with Crippen molar-refractivity contribution < 1.29 is 29.4 Å². The van der Waals surface area contributed by atoms with Gasteiger partial charge in [-0.15, -0.1) is 0 Å². The average Bonchev–Trinajstić information content (AvgIpc) is 3.26. The van der Waals surface area contributed by atoms with Crippen molar-refractivity contribution in [1.82, 2.24) is 15.5 Å². The van der Waals surface area contributed by atoms with E-state index in [0.29, 0.717) is 38.0 Å². The lowest BCUT2D eigenvalue weighted by Crippen LogP contribution is -2.57. The number of hydrogen-bond donors (Lipinski definition) is 7. The lowest BCUT2D eigenvalue weighted by molar-refractivity contribution is -0.144. The number of aliphatic carboxylic acids is 1. The van der Waals surface area contributed by atoms with Crippen molar-refractivity contribution >= 4 is 41.4 Å². The molecule has 1 aliphatic heterocycles. The van der Waals surface area contributed by atoms with Crippen LogP contribution in [0.4, 0.5) is 0 Å². The molecule has 1 aliphatic rings. The van der Waals surface area contributed by atoms with Crippen LogP contribution in [0.3, 0.4) is 0 Å². The van der Waals surface area contributed by atoms with Crippen molar-refractivity contribution in [2.45, 2.75) is 56.3 Å². The Morgan fingerprint density at radius 3 is 2.45 bits per heavy atom. The summed E-state index contributed by atoms with van der Waals surface area (Å²) in [6.07, 6.45) is 3.86. The second kappa shape index (κ2) is 14.5. The third-order valence-corrected chi connectivity index (χ3v) is 5.81. The molecule has 0 radical (unpaired) electrons. The number of guanidine groups is 1. The number of thioether (sulfide) groups is 1. The third-order valence-electron chi connectivity index (χ3n) is 5.16. The van der Waals surface area contributed by atoms with Crippen LogP contribution in [0.25, 0.3) is 0 Å². The van der Waals surface area contributed by atoms with Gasteiger partial charge in [0.2, 0.25) is 17.7 Å². The van der Waals surface area contributed by atoms with Crippen molar-refractivity contribution in [3.8, 4) is 0 Å². The summed E-state index contributed by atoms with van der Waals surface area (Å²) in [6, 6.07) is -4.12. The van der Waals surface area contributed by atoms with Gasteiger partial charge in [0.25, 0.3) is 0 Å². The lowest BCUT2D eigenvalue weighted by Gasteiger charge is -2.28. The van der Waals surface area contributed by atoms with E-state index in [0.717, 1.165) is 0 Å². The highest BCUT2D eigenvalue weighted by Crippen LogP contribution is 2.19. The molecular formula is C19H35N7O6S. The number of carboxylic acid groups (broad SMARTS) is 1. The van der Waals surface area contributed by atoms with Gasteiger partial charge in [0.15, 0.2) is 5.96 Å². The highest BCUT2D eigenvalue weighted by Gasteiger charge is 2.37. The molecule has 188 valence electrons. The third kappa shape index (κ3) is 9.43. The Labute approximate surface area is 196 Å². The average molecular weight is 490 g/mol. The summed E-state index contributed by atoms with van der Waals surface area (Å²) in [5, 5.41) is 23.1. The Balaban J connectivity index is 2.89. The van der Waals surface area contributed by atoms with Crippen LogP contribution in [-0.4, -0.2) is 101 Å². The molecule has 0 bridgehead atoms. The molecule has 0 spiro atoms. The fourth-order valence-electron chi connectivity index (χ4n) is 3.38. The van der Waals surface area contributed by atoms with E-state index in [4.69, 9.17) is 22.3 Å². The number of aliphatic hydroxyl groups is 1. The van der Waals surface area contributed by atoms with E-state index in [2.05, 4.69) is 15.6 Å². The number of likely N-dealkylation sites (tertiary alicyclic amines) is 1. The highest BCUT2D eigenvalue weighted by molar-refractivity contribution is 7.98. The molecule has 1 fully saturated rings. The molecular weight excluding hydrogens is 454 g/mol. The Morgan fingerprint density at radius 1 is 1.18 bits per heavy atom. The number of aliphatic hydroxyl groups excluding tert-OH is 1. The largest absolute Gasteiger partial charge is 0.480 e. The maximum atomic E-state index is 13.0. The number of nitrogens with zero attached hydrogens (tertiary/aromatic N) is 2. The van der Waals surface area contributed by atoms with Gasteiger partial charge >= 0.3 is 5.97 Å². The summed E-state index contributed by atoms with van der Waals surface area (Å²) >= 11 is 1.57. The Bertz CT molecular complexity index is 719. The van der Waals surface area contributed by atoms with Crippen LogP contribution in [0, 0.1) is 0 Å². The number of hydrogen-bond acceptors (Lipinski definition) is 8. The molecule has 1 saturated heterocycles. The van der Waals surface area contributed by atoms with E-state index >= 15 is 0 Å². The number of nitrogens with one attached hydrogen (secondary N) is 2. The van der Waals surface area contributed by atoms with Crippen molar-refractivity contribution in [3.05, 3.63) is 0 Å². The summed E-state index contributed by atoms with van der Waals surface area (Å²) in [7, 11) is 0. The summed E-state index contributed by atoms with van der Waals surface area (Å²) in [5.41, 5.74) is 16.6. The zero-order valence-corrected chi connectivity index (χ0v) is 19.6. The van der Waals surface area contributed by atoms with Crippen LogP contribution in [-0.2, 0) is 19.2 Å². The first-order chi connectivity index (χ1) is 15.6. The maximum Gasteiger partial charge on any atom is 0.328 e. The number of carbonyl (C=O) groups excluding carboxylic acids is 3. The van der Waals surface area contributed by atoms with E-state index in [1.54, 1.807) is 11.8 Å². The maximum absolute atomic E-state index is 13.0. The second-order valence-corrected chi connectivity index (χ2v) is 8.66. The van der Waals surface area contributed by atoms with E-state index in [1.165, 1.54) is 4.90 Å². The first-order valence-corrected chi connectivity index (χ1v) is 12.1. The highest BCUT2D eigenvalue weighted by atomic mass is 32.2. The van der Waals surface area contributed by atoms with E-state index in [-0.39, 0.29) is 24.8 Å². The van der Waals surface area contributed by atoms with Crippen LogP contribution >= 0.6 is 11.8 Å².